The Bertz CT molecular complexity index is 244. The smallest absolute Gasteiger partial charge is 0.139 e. The number of fused-ring (bicyclic) bond motifs is 3. The number of Topliss-reactive ketones (excluding diaryl/α,β-unsaturated/α-hetero) is 1. The molecule has 0 aromatic rings. The molecule has 0 aromatic carbocycles. The van der Waals surface area contributed by atoms with Crippen molar-refractivity contribution in [2.75, 3.05) is 7.11 Å². The molecule has 0 aromatic heterocycles. The minimum Gasteiger partial charge on any atom is -0.378 e. The molecule has 74 valence electrons. The van der Waals surface area contributed by atoms with Crippen LogP contribution >= 0.6 is 0 Å². The van der Waals surface area contributed by atoms with Gasteiger partial charge in [0.15, 0.2) is 0 Å². The van der Waals surface area contributed by atoms with Gasteiger partial charge in [0.05, 0.1) is 5.60 Å². The van der Waals surface area contributed by atoms with Crippen LogP contribution in [0, 0.1) is 11.3 Å². The van der Waals surface area contributed by atoms with E-state index >= 15 is 0 Å². The van der Waals surface area contributed by atoms with E-state index in [0.717, 1.165) is 19.3 Å². The van der Waals surface area contributed by atoms with Crippen LogP contribution in [0.25, 0.3) is 0 Å². The third-order valence-corrected chi connectivity index (χ3v) is 3.93. The van der Waals surface area contributed by atoms with Crippen LogP contribution in [-0.4, -0.2) is 18.5 Å². The molecule has 2 heteroatoms. The molecular weight excluding hydrogens is 164 g/mol. The highest BCUT2D eigenvalue weighted by atomic mass is 16.5. The largest absolute Gasteiger partial charge is 0.378 e. The molecule has 2 nitrogen and oxygen atoms in total. The van der Waals surface area contributed by atoms with Gasteiger partial charge < -0.3 is 4.74 Å². The Hall–Kier alpha value is -0.370. The highest BCUT2D eigenvalue weighted by Crippen LogP contribution is 2.53. The van der Waals surface area contributed by atoms with Crippen molar-refractivity contribution in [3.63, 3.8) is 0 Å². The predicted octanol–water partition coefficient (Wildman–Crippen LogP) is 2.17. The molecule has 0 amide bonds. The second-order valence-electron chi connectivity index (χ2n) is 5.29. The van der Waals surface area contributed by atoms with Gasteiger partial charge in [-0.25, -0.2) is 0 Å². The lowest BCUT2D eigenvalue weighted by Crippen LogP contribution is -2.54. The summed E-state index contributed by atoms with van der Waals surface area (Å²) in [5.74, 6) is 0.717. The fourth-order valence-corrected chi connectivity index (χ4v) is 3.27. The Balaban J connectivity index is 2.32. The maximum absolute atomic E-state index is 11.8. The molecule has 3 saturated carbocycles. The van der Waals surface area contributed by atoms with Crippen molar-refractivity contribution >= 4 is 5.78 Å². The van der Waals surface area contributed by atoms with Gasteiger partial charge in [-0.05, 0) is 24.7 Å². The number of methoxy groups -OCH3 is 1. The van der Waals surface area contributed by atoms with Gasteiger partial charge in [0.1, 0.15) is 5.78 Å². The molecule has 0 saturated heterocycles. The molecule has 2 atom stereocenters. The molecule has 0 N–H and O–H groups in total. The first-order valence-electron chi connectivity index (χ1n) is 5.07. The van der Waals surface area contributed by atoms with Crippen molar-refractivity contribution in [1.29, 1.82) is 0 Å². The standard InChI is InChI=1S/C11H18O2/c1-10(2)7-11(13-3)5-4-8(10)9(12)6-11/h8H,4-7H2,1-3H3/t8-,11-/m1/s1. The predicted molar refractivity (Wildman–Crippen MR) is 50.5 cm³/mol. The van der Waals surface area contributed by atoms with Crippen LogP contribution in [0.2, 0.25) is 0 Å². The first-order chi connectivity index (χ1) is 5.99. The van der Waals surface area contributed by atoms with Crippen LogP contribution in [0.5, 0.6) is 0 Å². The van der Waals surface area contributed by atoms with Gasteiger partial charge in [-0.3, -0.25) is 4.79 Å². The number of carbonyl (C=O) groups is 1. The lowest BCUT2D eigenvalue weighted by atomic mass is 9.55. The first-order valence-corrected chi connectivity index (χ1v) is 5.07. The summed E-state index contributed by atoms with van der Waals surface area (Å²) in [6.45, 7) is 4.39. The van der Waals surface area contributed by atoms with E-state index in [1.807, 2.05) is 0 Å². The van der Waals surface area contributed by atoms with E-state index in [0.29, 0.717) is 18.1 Å². The third kappa shape index (κ3) is 1.23. The molecule has 3 aliphatic rings. The van der Waals surface area contributed by atoms with E-state index in [-0.39, 0.29) is 11.0 Å². The van der Waals surface area contributed by atoms with Crippen molar-refractivity contribution in [2.45, 2.75) is 45.1 Å². The van der Waals surface area contributed by atoms with Crippen LogP contribution < -0.4 is 0 Å². The van der Waals surface area contributed by atoms with Crippen molar-refractivity contribution in [3.8, 4) is 0 Å². The molecule has 3 rings (SSSR count). The molecule has 0 heterocycles. The average molecular weight is 182 g/mol. The van der Waals surface area contributed by atoms with Crippen molar-refractivity contribution in [1.82, 2.24) is 0 Å². The number of ether oxygens (including phenoxy) is 1. The van der Waals surface area contributed by atoms with E-state index in [9.17, 15) is 4.79 Å². The summed E-state index contributed by atoms with van der Waals surface area (Å²) in [5, 5.41) is 0. The van der Waals surface area contributed by atoms with Crippen LogP contribution in [-0.2, 0) is 9.53 Å². The minimum absolute atomic E-state index is 0.116. The minimum atomic E-state index is -0.116. The zero-order valence-electron chi connectivity index (χ0n) is 8.72. The highest BCUT2D eigenvalue weighted by molar-refractivity contribution is 5.84. The summed E-state index contributed by atoms with van der Waals surface area (Å²) in [7, 11) is 1.75. The molecule has 3 aliphatic carbocycles. The monoisotopic (exact) mass is 182 g/mol. The summed E-state index contributed by atoms with van der Waals surface area (Å²) >= 11 is 0. The number of rotatable bonds is 1. The normalized spacial score (nSPS) is 42.4. The van der Waals surface area contributed by atoms with Crippen molar-refractivity contribution in [3.05, 3.63) is 0 Å². The maximum Gasteiger partial charge on any atom is 0.139 e. The van der Waals surface area contributed by atoms with Gasteiger partial charge in [-0.2, -0.15) is 0 Å². The highest BCUT2D eigenvalue weighted by Gasteiger charge is 2.54. The van der Waals surface area contributed by atoms with Crippen LogP contribution in [0.1, 0.15) is 39.5 Å². The van der Waals surface area contributed by atoms with Gasteiger partial charge in [0, 0.05) is 19.4 Å². The van der Waals surface area contributed by atoms with Crippen molar-refractivity contribution < 1.29 is 9.53 Å². The zero-order chi connectivity index (χ0) is 9.69. The van der Waals surface area contributed by atoms with Gasteiger partial charge in [-0.1, -0.05) is 13.8 Å². The Morgan fingerprint density at radius 2 is 2.15 bits per heavy atom. The maximum atomic E-state index is 11.8. The lowest BCUT2D eigenvalue weighted by Gasteiger charge is -2.53. The van der Waals surface area contributed by atoms with Crippen LogP contribution in [0.3, 0.4) is 0 Å². The molecule has 0 radical (unpaired) electrons. The second-order valence-corrected chi connectivity index (χ2v) is 5.29. The second kappa shape index (κ2) is 2.57. The average Bonchev–Trinajstić information content (AvgIpc) is 2.02. The fraction of sp³-hybridized carbons (Fsp3) is 0.909. The lowest BCUT2D eigenvalue weighted by molar-refractivity contribution is -0.164. The SMILES string of the molecule is CO[C@]12CC[C@H](C(=O)C1)C(C)(C)C2. The molecule has 3 fully saturated rings. The third-order valence-electron chi connectivity index (χ3n) is 3.93. The zero-order valence-corrected chi connectivity index (χ0v) is 8.72. The molecule has 0 unspecified atom stereocenters. The topological polar surface area (TPSA) is 26.3 Å². The Kier molecular flexibility index (Phi) is 1.82. The van der Waals surface area contributed by atoms with Crippen LogP contribution in [0.4, 0.5) is 0 Å². The Labute approximate surface area is 79.7 Å². The van der Waals surface area contributed by atoms with Gasteiger partial charge in [0.25, 0.3) is 0 Å². The Morgan fingerprint density at radius 1 is 1.46 bits per heavy atom. The molecular formula is C11H18O2. The van der Waals surface area contributed by atoms with Gasteiger partial charge in [0.2, 0.25) is 0 Å². The molecule has 2 bridgehead atoms. The van der Waals surface area contributed by atoms with E-state index < -0.39 is 0 Å². The summed E-state index contributed by atoms with van der Waals surface area (Å²) in [4.78, 5) is 11.8. The summed E-state index contributed by atoms with van der Waals surface area (Å²) in [6, 6.07) is 0. The van der Waals surface area contributed by atoms with E-state index in [4.69, 9.17) is 4.74 Å². The fourth-order valence-electron chi connectivity index (χ4n) is 3.27. The van der Waals surface area contributed by atoms with Crippen LogP contribution in [0.15, 0.2) is 0 Å². The number of hydrogen-bond donors (Lipinski definition) is 0. The summed E-state index contributed by atoms with van der Waals surface area (Å²) in [6.07, 6.45) is 3.80. The van der Waals surface area contributed by atoms with E-state index in [2.05, 4.69) is 13.8 Å². The first kappa shape index (κ1) is 9.20. The van der Waals surface area contributed by atoms with E-state index in [1.54, 1.807) is 7.11 Å². The summed E-state index contributed by atoms with van der Waals surface area (Å²) < 4.78 is 5.55. The molecule has 0 spiro atoms. The Morgan fingerprint density at radius 3 is 2.62 bits per heavy atom. The van der Waals surface area contributed by atoms with Crippen molar-refractivity contribution in [2.24, 2.45) is 11.3 Å². The summed E-state index contributed by atoms with van der Waals surface area (Å²) in [5.41, 5.74) is 0.0406. The number of ketones is 1. The molecule has 13 heavy (non-hydrogen) atoms. The van der Waals surface area contributed by atoms with Gasteiger partial charge in [-0.15, -0.1) is 0 Å². The van der Waals surface area contributed by atoms with Gasteiger partial charge >= 0.3 is 0 Å². The number of hydrogen-bond acceptors (Lipinski definition) is 2. The molecule has 0 aliphatic heterocycles. The quantitative estimate of drug-likeness (QED) is 0.621. The number of carbonyl (C=O) groups excluding carboxylic acids is 1. The van der Waals surface area contributed by atoms with E-state index in [1.165, 1.54) is 0 Å².